The third kappa shape index (κ3) is 2.89. The molecule has 0 aliphatic carbocycles. The summed E-state index contributed by atoms with van der Waals surface area (Å²) in [6.45, 7) is 3.25. The highest BCUT2D eigenvalue weighted by Gasteiger charge is 2.29. The maximum Gasteiger partial charge on any atom is 0.256 e. The van der Waals surface area contributed by atoms with Crippen LogP contribution in [0.25, 0.3) is 21.8 Å². The number of likely N-dealkylation sites (tertiary alicyclic amines) is 1. The van der Waals surface area contributed by atoms with Crippen LogP contribution in [-0.4, -0.2) is 38.7 Å². The van der Waals surface area contributed by atoms with Crippen molar-refractivity contribution in [3.05, 3.63) is 65.1 Å². The van der Waals surface area contributed by atoms with Crippen LogP contribution in [0, 0.1) is 12.7 Å². The molecule has 1 aliphatic heterocycles. The van der Waals surface area contributed by atoms with E-state index in [9.17, 15) is 9.18 Å². The van der Waals surface area contributed by atoms with Gasteiger partial charge in [-0.2, -0.15) is 5.10 Å². The van der Waals surface area contributed by atoms with Crippen molar-refractivity contribution in [2.75, 3.05) is 18.8 Å². The molecule has 1 amide bonds. The van der Waals surface area contributed by atoms with Gasteiger partial charge in [-0.1, -0.05) is 29.8 Å². The highest BCUT2D eigenvalue weighted by atomic mass is 19.1. The fourth-order valence-corrected chi connectivity index (χ4v) is 4.38. The highest BCUT2D eigenvalue weighted by molar-refractivity contribution is 6.10. The molecule has 2 aromatic heterocycles. The molecule has 0 bridgehead atoms. The molecule has 3 heterocycles. The van der Waals surface area contributed by atoms with E-state index in [0.29, 0.717) is 29.5 Å². The zero-order chi connectivity index (χ0) is 21.0. The van der Waals surface area contributed by atoms with Gasteiger partial charge in [0.25, 0.3) is 5.91 Å². The SMILES string of the molecule is Cc1ccc([C@H]2CCN(C(=O)c3cc4c(cc3F)nc(N)c3c4cnn3C)C2)cc1. The van der Waals surface area contributed by atoms with Crippen molar-refractivity contribution >= 4 is 33.5 Å². The number of nitrogens with two attached hydrogens (primary N) is 1. The molecule has 4 aromatic rings. The number of hydrogen-bond donors (Lipinski definition) is 1. The Morgan fingerprint density at radius 1 is 1.20 bits per heavy atom. The predicted octanol–water partition coefficient (Wildman–Crippen LogP) is 3.78. The Balaban J connectivity index is 1.50. The molecule has 30 heavy (non-hydrogen) atoms. The molecule has 1 saturated heterocycles. The number of benzene rings is 2. The van der Waals surface area contributed by atoms with E-state index in [4.69, 9.17) is 5.73 Å². The van der Waals surface area contributed by atoms with Crippen LogP contribution in [0.15, 0.2) is 42.6 Å². The monoisotopic (exact) mass is 403 g/mol. The third-order valence-electron chi connectivity index (χ3n) is 6.05. The summed E-state index contributed by atoms with van der Waals surface area (Å²) in [6, 6.07) is 11.3. The first-order valence-corrected chi connectivity index (χ1v) is 9.98. The van der Waals surface area contributed by atoms with Crippen molar-refractivity contribution in [3.8, 4) is 0 Å². The number of amides is 1. The van der Waals surface area contributed by atoms with Crippen LogP contribution >= 0.6 is 0 Å². The largest absolute Gasteiger partial charge is 0.382 e. The first kappa shape index (κ1) is 18.5. The first-order chi connectivity index (χ1) is 14.4. The van der Waals surface area contributed by atoms with Gasteiger partial charge in [0.15, 0.2) is 0 Å². The number of rotatable bonds is 2. The third-order valence-corrected chi connectivity index (χ3v) is 6.05. The van der Waals surface area contributed by atoms with Crippen molar-refractivity contribution in [1.29, 1.82) is 0 Å². The van der Waals surface area contributed by atoms with Crippen molar-refractivity contribution in [2.24, 2.45) is 7.05 Å². The van der Waals surface area contributed by atoms with Gasteiger partial charge in [-0.25, -0.2) is 9.37 Å². The summed E-state index contributed by atoms with van der Waals surface area (Å²) in [6.07, 6.45) is 2.54. The van der Waals surface area contributed by atoms with Crippen LogP contribution in [-0.2, 0) is 7.05 Å². The molecule has 7 heteroatoms. The molecule has 1 fully saturated rings. The normalized spacial score (nSPS) is 16.6. The van der Waals surface area contributed by atoms with Gasteiger partial charge in [-0.05, 0) is 25.0 Å². The molecule has 1 aliphatic rings. The number of nitrogen functional groups attached to an aromatic ring is 1. The van der Waals surface area contributed by atoms with E-state index in [1.807, 2.05) is 0 Å². The average Bonchev–Trinajstić information content (AvgIpc) is 3.36. The lowest BCUT2D eigenvalue weighted by atomic mass is 9.97. The zero-order valence-corrected chi connectivity index (χ0v) is 16.9. The Morgan fingerprint density at radius 3 is 2.73 bits per heavy atom. The second kappa shape index (κ2) is 6.79. The zero-order valence-electron chi connectivity index (χ0n) is 16.9. The Kier molecular flexibility index (Phi) is 4.20. The molecule has 6 nitrogen and oxygen atoms in total. The molecule has 1 atom stereocenters. The van der Waals surface area contributed by atoms with Crippen molar-refractivity contribution in [1.82, 2.24) is 19.7 Å². The molecule has 0 unspecified atom stereocenters. The number of anilines is 1. The number of halogens is 1. The molecule has 2 N–H and O–H groups in total. The lowest BCUT2D eigenvalue weighted by Gasteiger charge is -2.18. The van der Waals surface area contributed by atoms with Gasteiger partial charge in [0.2, 0.25) is 0 Å². The Bertz CT molecular complexity index is 1290. The summed E-state index contributed by atoms with van der Waals surface area (Å²) >= 11 is 0. The lowest BCUT2D eigenvalue weighted by molar-refractivity contribution is 0.0786. The molecular formula is C23H22FN5O. The van der Waals surface area contributed by atoms with E-state index in [1.165, 1.54) is 17.2 Å². The molecule has 152 valence electrons. The maximum absolute atomic E-state index is 14.9. The Hall–Kier alpha value is -3.48. The van der Waals surface area contributed by atoms with Crippen LogP contribution in [0.5, 0.6) is 0 Å². The standard InChI is InChI=1S/C23H22FN5O/c1-13-3-5-14(6-4-13)15-7-8-29(12-15)23(30)17-9-16-18-11-26-28(2)21(18)22(25)27-20(16)10-19(17)24/h3-6,9-11,15H,7-8,12H2,1-2H3,(H2,25,27)/t15-/m0/s1. The van der Waals surface area contributed by atoms with Crippen molar-refractivity contribution < 1.29 is 9.18 Å². The van der Waals surface area contributed by atoms with Gasteiger partial charge in [0.05, 0.1) is 17.3 Å². The summed E-state index contributed by atoms with van der Waals surface area (Å²) in [7, 11) is 1.78. The number of hydrogen-bond acceptors (Lipinski definition) is 4. The second-order valence-electron chi connectivity index (χ2n) is 8.02. The van der Waals surface area contributed by atoms with E-state index in [0.717, 1.165) is 11.8 Å². The molecule has 0 saturated carbocycles. The highest BCUT2D eigenvalue weighted by Crippen LogP contribution is 2.32. The van der Waals surface area contributed by atoms with Gasteiger partial charge in [0, 0.05) is 42.9 Å². The Labute approximate surface area is 173 Å². The lowest BCUT2D eigenvalue weighted by Crippen LogP contribution is -2.29. The Morgan fingerprint density at radius 2 is 1.97 bits per heavy atom. The van der Waals surface area contributed by atoms with Crippen LogP contribution in [0.4, 0.5) is 10.2 Å². The summed E-state index contributed by atoms with van der Waals surface area (Å²) in [5.74, 6) is -0.319. The number of aromatic nitrogens is 3. The molecule has 0 radical (unpaired) electrons. The molecule has 2 aromatic carbocycles. The summed E-state index contributed by atoms with van der Waals surface area (Å²) in [4.78, 5) is 19.2. The number of aryl methyl sites for hydroxylation is 2. The van der Waals surface area contributed by atoms with E-state index >= 15 is 0 Å². The fraction of sp³-hybridized carbons (Fsp3) is 0.261. The van der Waals surface area contributed by atoms with Gasteiger partial charge in [0.1, 0.15) is 17.2 Å². The molecular weight excluding hydrogens is 381 g/mol. The van der Waals surface area contributed by atoms with Crippen molar-refractivity contribution in [3.63, 3.8) is 0 Å². The van der Waals surface area contributed by atoms with Crippen molar-refractivity contribution in [2.45, 2.75) is 19.3 Å². The van der Waals surface area contributed by atoms with Crippen LogP contribution in [0.1, 0.15) is 33.8 Å². The number of nitrogens with zero attached hydrogens (tertiary/aromatic N) is 4. The topological polar surface area (TPSA) is 77.0 Å². The maximum atomic E-state index is 14.9. The van der Waals surface area contributed by atoms with Gasteiger partial charge >= 0.3 is 0 Å². The number of pyridine rings is 1. The summed E-state index contributed by atoms with van der Waals surface area (Å²) in [5.41, 5.74) is 9.60. The summed E-state index contributed by atoms with van der Waals surface area (Å²) in [5, 5.41) is 5.67. The second-order valence-corrected chi connectivity index (χ2v) is 8.02. The first-order valence-electron chi connectivity index (χ1n) is 9.98. The minimum absolute atomic E-state index is 0.0591. The fourth-order valence-electron chi connectivity index (χ4n) is 4.38. The molecule has 0 spiro atoms. The van der Waals surface area contributed by atoms with E-state index in [2.05, 4.69) is 41.3 Å². The minimum atomic E-state index is -0.582. The number of fused-ring (bicyclic) bond motifs is 3. The minimum Gasteiger partial charge on any atom is -0.382 e. The van der Waals surface area contributed by atoms with E-state index in [1.54, 1.807) is 28.9 Å². The van der Waals surface area contributed by atoms with E-state index in [-0.39, 0.29) is 23.2 Å². The van der Waals surface area contributed by atoms with Crippen LogP contribution < -0.4 is 5.73 Å². The average molecular weight is 403 g/mol. The number of carbonyl (C=O) groups is 1. The van der Waals surface area contributed by atoms with Gasteiger partial charge in [-0.15, -0.1) is 0 Å². The van der Waals surface area contributed by atoms with Gasteiger partial charge in [-0.3, -0.25) is 9.48 Å². The van der Waals surface area contributed by atoms with Crippen LogP contribution in [0.3, 0.4) is 0 Å². The van der Waals surface area contributed by atoms with E-state index < -0.39 is 5.82 Å². The molecule has 5 rings (SSSR count). The smallest absolute Gasteiger partial charge is 0.256 e. The van der Waals surface area contributed by atoms with Gasteiger partial charge < -0.3 is 10.6 Å². The predicted molar refractivity (Wildman–Crippen MR) is 115 cm³/mol. The summed E-state index contributed by atoms with van der Waals surface area (Å²) < 4.78 is 16.5. The quantitative estimate of drug-likeness (QED) is 0.553. The number of carbonyl (C=O) groups excluding carboxylic acids is 1. The van der Waals surface area contributed by atoms with Crippen LogP contribution in [0.2, 0.25) is 0 Å².